The molecule has 1 aromatic rings. The second-order valence-electron chi connectivity index (χ2n) is 7.38. The highest BCUT2D eigenvalue weighted by Crippen LogP contribution is 2.29. The summed E-state index contributed by atoms with van der Waals surface area (Å²) in [6.45, 7) is 6.99. The molecule has 2 amide bonds. The molecule has 3 rings (SSSR count). The van der Waals surface area contributed by atoms with Gasteiger partial charge in [-0.3, -0.25) is 0 Å². The molecule has 0 bridgehead atoms. The van der Waals surface area contributed by atoms with Crippen molar-refractivity contribution < 1.29 is 19.2 Å². The molecule has 0 saturated carbocycles. The molecule has 1 atom stereocenters. The van der Waals surface area contributed by atoms with E-state index in [1.807, 2.05) is 31.2 Å². The van der Waals surface area contributed by atoms with Gasteiger partial charge in [0.1, 0.15) is 6.54 Å². The monoisotopic (exact) mass is 358 g/mol. The summed E-state index contributed by atoms with van der Waals surface area (Å²) in [4.78, 5) is 26.3. The Kier molecular flexibility index (Phi) is 5.61. The number of esters is 1. The van der Waals surface area contributed by atoms with Crippen molar-refractivity contribution in [3.05, 3.63) is 46.7 Å². The number of amides is 2. The minimum atomic E-state index is -0.490. The summed E-state index contributed by atoms with van der Waals surface area (Å²) in [5.74, 6) is 0.348. The molecule has 6 nitrogen and oxygen atoms in total. The molecule has 0 aromatic heterocycles. The Morgan fingerprint density at radius 3 is 2.62 bits per heavy atom. The molecule has 2 aliphatic rings. The van der Waals surface area contributed by atoms with E-state index in [-0.39, 0.29) is 6.03 Å². The van der Waals surface area contributed by atoms with Gasteiger partial charge in [-0.25, -0.2) is 9.59 Å². The number of benzene rings is 1. The molecule has 1 aromatic carbocycles. The van der Waals surface area contributed by atoms with Crippen LogP contribution < -0.4 is 15.5 Å². The standard InChI is InChI=1S/C20H27N3O3/c1-13-8-10-23(11-9-13)12-16-17(19(24)26-3)18(22-20(25)21-16)15-7-5-4-6-14(15)2/h4-7,13,18H,8-12H2,1-3H3,(H2,21,22,25)/p+1/t18-/m1/s1. The molecule has 0 aliphatic carbocycles. The van der Waals surface area contributed by atoms with Crippen LogP contribution in [0.4, 0.5) is 4.79 Å². The van der Waals surface area contributed by atoms with Crippen molar-refractivity contribution in [2.24, 2.45) is 5.92 Å². The maximum Gasteiger partial charge on any atom is 0.338 e. The molecule has 1 saturated heterocycles. The topological polar surface area (TPSA) is 71.9 Å². The third kappa shape index (κ3) is 3.90. The molecule has 140 valence electrons. The fourth-order valence-electron chi connectivity index (χ4n) is 3.85. The van der Waals surface area contributed by atoms with E-state index in [1.54, 1.807) is 0 Å². The fourth-order valence-corrected chi connectivity index (χ4v) is 3.85. The predicted molar refractivity (Wildman–Crippen MR) is 98.6 cm³/mol. The molecule has 3 N–H and O–H groups in total. The number of quaternary nitrogens is 1. The maximum atomic E-state index is 12.6. The van der Waals surface area contributed by atoms with Gasteiger partial charge in [0.05, 0.1) is 37.5 Å². The summed E-state index contributed by atoms with van der Waals surface area (Å²) in [7, 11) is 1.38. The van der Waals surface area contributed by atoms with Gasteiger partial charge in [-0.05, 0) is 36.8 Å². The van der Waals surface area contributed by atoms with Crippen LogP contribution in [0.15, 0.2) is 35.5 Å². The number of hydrogen-bond acceptors (Lipinski definition) is 3. The van der Waals surface area contributed by atoms with Gasteiger partial charge < -0.3 is 20.3 Å². The second-order valence-corrected chi connectivity index (χ2v) is 7.38. The van der Waals surface area contributed by atoms with Crippen LogP contribution in [0.2, 0.25) is 0 Å². The molecular weight excluding hydrogens is 330 g/mol. The van der Waals surface area contributed by atoms with E-state index < -0.39 is 12.0 Å². The van der Waals surface area contributed by atoms with Crippen LogP contribution in [0.1, 0.15) is 36.9 Å². The van der Waals surface area contributed by atoms with Gasteiger partial charge in [0.2, 0.25) is 0 Å². The minimum absolute atomic E-state index is 0.273. The Morgan fingerprint density at radius 2 is 1.96 bits per heavy atom. The fraction of sp³-hybridized carbons (Fsp3) is 0.500. The minimum Gasteiger partial charge on any atom is -0.466 e. The van der Waals surface area contributed by atoms with E-state index in [0.717, 1.165) is 30.1 Å². The molecule has 2 heterocycles. The van der Waals surface area contributed by atoms with E-state index in [2.05, 4.69) is 17.6 Å². The van der Waals surface area contributed by atoms with Crippen LogP contribution >= 0.6 is 0 Å². The van der Waals surface area contributed by atoms with Gasteiger partial charge in [-0.1, -0.05) is 31.2 Å². The predicted octanol–water partition coefficient (Wildman–Crippen LogP) is 1.09. The van der Waals surface area contributed by atoms with E-state index in [4.69, 9.17) is 4.74 Å². The van der Waals surface area contributed by atoms with Gasteiger partial charge in [0.15, 0.2) is 0 Å². The third-order valence-corrected chi connectivity index (χ3v) is 5.47. The van der Waals surface area contributed by atoms with Crippen LogP contribution in [0.25, 0.3) is 0 Å². The van der Waals surface area contributed by atoms with Crippen LogP contribution in [-0.2, 0) is 9.53 Å². The number of carbonyl (C=O) groups is 2. The lowest BCUT2D eigenvalue weighted by Crippen LogP contribution is -3.13. The lowest BCUT2D eigenvalue weighted by atomic mass is 9.91. The summed E-state index contributed by atoms with van der Waals surface area (Å²) in [5, 5.41) is 5.76. The van der Waals surface area contributed by atoms with Crippen molar-refractivity contribution in [1.29, 1.82) is 0 Å². The number of hydrogen-bond donors (Lipinski definition) is 3. The number of urea groups is 1. The van der Waals surface area contributed by atoms with Crippen molar-refractivity contribution in [3.8, 4) is 0 Å². The largest absolute Gasteiger partial charge is 0.466 e. The van der Waals surface area contributed by atoms with Crippen molar-refractivity contribution in [2.45, 2.75) is 32.7 Å². The van der Waals surface area contributed by atoms with Crippen molar-refractivity contribution in [3.63, 3.8) is 0 Å². The molecule has 0 spiro atoms. The lowest BCUT2D eigenvalue weighted by molar-refractivity contribution is -0.901. The third-order valence-electron chi connectivity index (χ3n) is 5.47. The average Bonchev–Trinajstić information content (AvgIpc) is 2.63. The first-order valence-electron chi connectivity index (χ1n) is 9.27. The quantitative estimate of drug-likeness (QED) is 0.706. The summed E-state index contributed by atoms with van der Waals surface area (Å²) < 4.78 is 5.06. The zero-order valence-electron chi connectivity index (χ0n) is 15.7. The molecule has 0 radical (unpaired) electrons. The van der Waals surface area contributed by atoms with Crippen LogP contribution in [-0.4, -0.2) is 38.7 Å². The number of nitrogens with one attached hydrogen (secondary N) is 3. The van der Waals surface area contributed by atoms with Gasteiger partial charge in [-0.2, -0.15) is 0 Å². The Morgan fingerprint density at radius 1 is 1.27 bits per heavy atom. The highest BCUT2D eigenvalue weighted by atomic mass is 16.5. The van der Waals surface area contributed by atoms with E-state index >= 15 is 0 Å². The van der Waals surface area contributed by atoms with Crippen molar-refractivity contribution in [2.75, 3.05) is 26.7 Å². The van der Waals surface area contributed by atoms with E-state index in [9.17, 15) is 9.59 Å². The SMILES string of the molecule is COC(=O)C1=C(C[NH+]2CCC(C)CC2)NC(=O)N[C@@H]1c1ccccc1C. The number of methoxy groups -OCH3 is 1. The van der Waals surface area contributed by atoms with Crippen LogP contribution in [0.5, 0.6) is 0 Å². The van der Waals surface area contributed by atoms with Gasteiger partial charge in [-0.15, -0.1) is 0 Å². The summed E-state index contributed by atoms with van der Waals surface area (Å²) in [6.07, 6.45) is 2.34. The smallest absolute Gasteiger partial charge is 0.338 e. The number of ether oxygens (including phenoxy) is 1. The number of carbonyl (C=O) groups excluding carboxylic acids is 2. The Labute approximate surface area is 154 Å². The van der Waals surface area contributed by atoms with Gasteiger partial charge >= 0.3 is 12.0 Å². The molecule has 26 heavy (non-hydrogen) atoms. The maximum absolute atomic E-state index is 12.6. The highest BCUT2D eigenvalue weighted by Gasteiger charge is 2.36. The second kappa shape index (κ2) is 7.91. The van der Waals surface area contributed by atoms with Crippen molar-refractivity contribution in [1.82, 2.24) is 10.6 Å². The van der Waals surface area contributed by atoms with Gasteiger partial charge in [0, 0.05) is 0 Å². The number of aryl methyl sites for hydroxylation is 1. The Bertz CT molecular complexity index is 721. The molecule has 0 unspecified atom stereocenters. The number of piperidine rings is 1. The molecular formula is C20H28N3O3+. The Balaban J connectivity index is 1.96. The first kappa shape index (κ1) is 18.5. The lowest BCUT2D eigenvalue weighted by Gasteiger charge is -2.33. The number of rotatable bonds is 4. The Hall–Kier alpha value is -2.34. The van der Waals surface area contributed by atoms with E-state index in [1.165, 1.54) is 24.9 Å². The van der Waals surface area contributed by atoms with E-state index in [0.29, 0.717) is 17.8 Å². The molecule has 6 heteroatoms. The number of likely N-dealkylation sites (tertiary alicyclic amines) is 1. The van der Waals surface area contributed by atoms with Crippen LogP contribution in [0, 0.1) is 12.8 Å². The zero-order chi connectivity index (χ0) is 18.7. The highest BCUT2D eigenvalue weighted by molar-refractivity contribution is 5.95. The zero-order valence-corrected chi connectivity index (χ0v) is 15.7. The van der Waals surface area contributed by atoms with Crippen molar-refractivity contribution >= 4 is 12.0 Å². The molecule has 2 aliphatic heterocycles. The normalized spacial score (nSPS) is 26.1. The van der Waals surface area contributed by atoms with Gasteiger partial charge in [0.25, 0.3) is 0 Å². The first-order valence-corrected chi connectivity index (χ1v) is 9.27. The summed E-state index contributed by atoms with van der Waals surface area (Å²) in [6, 6.07) is 7.03. The summed E-state index contributed by atoms with van der Waals surface area (Å²) in [5.41, 5.74) is 3.13. The summed E-state index contributed by atoms with van der Waals surface area (Å²) >= 11 is 0. The first-order chi connectivity index (χ1) is 12.5. The average molecular weight is 358 g/mol. The molecule has 1 fully saturated rings. The van der Waals surface area contributed by atoms with Crippen LogP contribution in [0.3, 0.4) is 0 Å².